The maximum atomic E-state index is 4.71. The Morgan fingerprint density at radius 2 is 1.79 bits per heavy atom. The third-order valence-corrected chi connectivity index (χ3v) is 2.03. The third-order valence-electron chi connectivity index (χ3n) is 2.03. The maximum Gasteiger partial charge on any atom is 0.106 e. The molecule has 1 aromatic rings. The van der Waals surface area contributed by atoms with Gasteiger partial charge in [-0.1, -0.05) is 17.3 Å². The van der Waals surface area contributed by atoms with E-state index in [0.29, 0.717) is 0 Å². The summed E-state index contributed by atoms with van der Waals surface area (Å²) in [5, 5.41) is 3.87. The summed E-state index contributed by atoms with van der Waals surface area (Å²) >= 11 is 0. The summed E-state index contributed by atoms with van der Waals surface area (Å²) in [6, 6.07) is 8.19. The average molecular weight is 192 g/mol. The molecule has 0 saturated carbocycles. The highest BCUT2D eigenvalue weighted by Gasteiger charge is 1.99. The van der Waals surface area contributed by atoms with Gasteiger partial charge in [0.25, 0.3) is 0 Å². The highest BCUT2D eigenvalue weighted by atomic mass is 16.6. The molecule has 3 nitrogen and oxygen atoms in total. The zero-order valence-corrected chi connectivity index (χ0v) is 9.11. The van der Waals surface area contributed by atoms with E-state index in [2.05, 4.69) is 22.2 Å². The van der Waals surface area contributed by atoms with E-state index in [1.54, 1.807) is 7.11 Å². The summed E-state index contributed by atoms with van der Waals surface area (Å²) in [5.41, 5.74) is 3.15. The summed E-state index contributed by atoms with van der Waals surface area (Å²) in [5.74, 6) is 0. The summed E-state index contributed by atoms with van der Waals surface area (Å²) < 4.78 is 0. The lowest BCUT2D eigenvalue weighted by Gasteiger charge is -2.12. The molecule has 14 heavy (non-hydrogen) atoms. The van der Waals surface area contributed by atoms with Crippen LogP contribution in [-0.4, -0.2) is 26.9 Å². The lowest BCUT2D eigenvalue weighted by Crippen LogP contribution is -2.08. The van der Waals surface area contributed by atoms with E-state index in [1.807, 2.05) is 33.2 Å². The minimum Gasteiger partial charge on any atom is -0.399 e. The minimum atomic E-state index is 0.887. The SMILES string of the molecule is CO/N=C(\C)c1ccc(N(C)C)cc1. The monoisotopic (exact) mass is 192 g/mol. The number of hydrogen-bond acceptors (Lipinski definition) is 3. The number of benzene rings is 1. The quantitative estimate of drug-likeness (QED) is 0.541. The Hall–Kier alpha value is -1.51. The van der Waals surface area contributed by atoms with Crippen LogP contribution in [0.3, 0.4) is 0 Å². The molecule has 0 fully saturated rings. The van der Waals surface area contributed by atoms with Gasteiger partial charge in [0, 0.05) is 19.8 Å². The van der Waals surface area contributed by atoms with E-state index in [9.17, 15) is 0 Å². The van der Waals surface area contributed by atoms with Crippen molar-refractivity contribution in [1.29, 1.82) is 0 Å². The fraction of sp³-hybridized carbons (Fsp3) is 0.364. The third kappa shape index (κ3) is 2.49. The van der Waals surface area contributed by atoms with Crippen LogP contribution in [0.25, 0.3) is 0 Å². The molecule has 1 aromatic carbocycles. The fourth-order valence-electron chi connectivity index (χ4n) is 1.19. The summed E-state index contributed by atoms with van der Waals surface area (Å²) in [6.07, 6.45) is 0. The van der Waals surface area contributed by atoms with Gasteiger partial charge < -0.3 is 9.74 Å². The average Bonchev–Trinajstić information content (AvgIpc) is 2.18. The molecule has 0 spiro atoms. The van der Waals surface area contributed by atoms with Gasteiger partial charge in [-0.05, 0) is 24.6 Å². The first-order valence-electron chi connectivity index (χ1n) is 4.50. The van der Waals surface area contributed by atoms with Crippen molar-refractivity contribution >= 4 is 11.4 Å². The van der Waals surface area contributed by atoms with Crippen LogP contribution in [0.1, 0.15) is 12.5 Å². The van der Waals surface area contributed by atoms with Gasteiger partial charge in [0.05, 0.1) is 5.71 Å². The van der Waals surface area contributed by atoms with Gasteiger partial charge in [-0.25, -0.2) is 0 Å². The molecular weight excluding hydrogens is 176 g/mol. The van der Waals surface area contributed by atoms with E-state index in [1.165, 1.54) is 5.69 Å². The number of rotatable bonds is 3. The van der Waals surface area contributed by atoms with Crippen molar-refractivity contribution in [2.75, 3.05) is 26.1 Å². The van der Waals surface area contributed by atoms with E-state index in [-0.39, 0.29) is 0 Å². The van der Waals surface area contributed by atoms with Gasteiger partial charge in [-0.2, -0.15) is 0 Å². The number of hydrogen-bond donors (Lipinski definition) is 0. The molecule has 0 aliphatic heterocycles. The Balaban J connectivity index is 2.88. The standard InChI is InChI=1S/C11H16N2O/c1-9(12-14-4)10-5-7-11(8-6-10)13(2)3/h5-8H,1-4H3/b12-9+. The van der Waals surface area contributed by atoms with Crippen molar-refractivity contribution in [3.05, 3.63) is 29.8 Å². The van der Waals surface area contributed by atoms with Crippen LogP contribution in [0, 0.1) is 0 Å². The van der Waals surface area contributed by atoms with Crippen LogP contribution in [0.2, 0.25) is 0 Å². The highest BCUT2D eigenvalue weighted by molar-refractivity contribution is 5.98. The molecule has 0 amide bonds. The summed E-state index contributed by atoms with van der Waals surface area (Å²) in [6.45, 7) is 1.92. The Morgan fingerprint density at radius 3 is 2.21 bits per heavy atom. The van der Waals surface area contributed by atoms with Crippen LogP contribution >= 0.6 is 0 Å². The van der Waals surface area contributed by atoms with Crippen molar-refractivity contribution in [3.63, 3.8) is 0 Å². The molecular formula is C11H16N2O. The first-order chi connectivity index (χ1) is 6.65. The minimum absolute atomic E-state index is 0.887. The van der Waals surface area contributed by atoms with Crippen LogP contribution in [-0.2, 0) is 4.84 Å². The van der Waals surface area contributed by atoms with Gasteiger partial charge in [0.15, 0.2) is 0 Å². The fourth-order valence-corrected chi connectivity index (χ4v) is 1.19. The second kappa shape index (κ2) is 4.65. The Bertz CT molecular complexity index is 315. The summed E-state index contributed by atoms with van der Waals surface area (Å²) in [4.78, 5) is 6.78. The molecule has 0 atom stereocenters. The summed E-state index contributed by atoms with van der Waals surface area (Å²) in [7, 11) is 5.59. The first-order valence-corrected chi connectivity index (χ1v) is 4.50. The van der Waals surface area contributed by atoms with Crippen molar-refractivity contribution in [3.8, 4) is 0 Å². The van der Waals surface area contributed by atoms with Gasteiger partial charge in [0.1, 0.15) is 7.11 Å². The Labute approximate surface area is 85.0 Å². The zero-order chi connectivity index (χ0) is 10.6. The lowest BCUT2D eigenvalue weighted by molar-refractivity contribution is 0.213. The van der Waals surface area contributed by atoms with E-state index < -0.39 is 0 Å². The molecule has 3 heteroatoms. The van der Waals surface area contributed by atoms with E-state index in [0.717, 1.165) is 11.3 Å². The second-order valence-electron chi connectivity index (χ2n) is 3.30. The molecule has 76 valence electrons. The topological polar surface area (TPSA) is 24.8 Å². The van der Waals surface area contributed by atoms with Crippen molar-refractivity contribution in [2.24, 2.45) is 5.16 Å². The smallest absolute Gasteiger partial charge is 0.106 e. The van der Waals surface area contributed by atoms with Crippen LogP contribution < -0.4 is 4.90 Å². The second-order valence-corrected chi connectivity index (χ2v) is 3.30. The predicted octanol–water partition coefficient (Wildman–Crippen LogP) is 2.12. The molecule has 0 aromatic heterocycles. The van der Waals surface area contributed by atoms with Crippen molar-refractivity contribution in [2.45, 2.75) is 6.92 Å². The van der Waals surface area contributed by atoms with Crippen molar-refractivity contribution in [1.82, 2.24) is 0 Å². The molecule has 0 aliphatic rings. The van der Waals surface area contributed by atoms with Gasteiger partial charge in [-0.3, -0.25) is 0 Å². The number of anilines is 1. The van der Waals surface area contributed by atoms with Gasteiger partial charge >= 0.3 is 0 Å². The largest absolute Gasteiger partial charge is 0.399 e. The van der Waals surface area contributed by atoms with E-state index >= 15 is 0 Å². The molecule has 1 rings (SSSR count). The Morgan fingerprint density at radius 1 is 1.21 bits per heavy atom. The highest BCUT2D eigenvalue weighted by Crippen LogP contribution is 2.12. The number of nitrogens with zero attached hydrogens (tertiary/aromatic N) is 2. The molecule has 0 bridgehead atoms. The van der Waals surface area contributed by atoms with Crippen LogP contribution in [0.5, 0.6) is 0 Å². The maximum absolute atomic E-state index is 4.71. The number of oxime groups is 1. The van der Waals surface area contributed by atoms with Crippen LogP contribution in [0.15, 0.2) is 29.4 Å². The zero-order valence-electron chi connectivity index (χ0n) is 9.11. The van der Waals surface area contributed by atoms with E-state index in [4.69, 9.17) is 4.84 Å². The molecule has 0 heterocycles. The molecule has 0 unspecified atom stereocenters. The molecule has 0 radical (unpaired) electrons. The lowest BCUT2D eigenvalue weighted by atomic mass is 10.1. The Kier molecular flexibility index (Phi) is 3.51. The van der Waals surface area contributed by atoms with Crippen LogP contribution in [0.4, 0.5) is 5.69 Å². The molecule has 0 N–H and O–H groups in total. The normalized spacial score (nSPS) is 11.3. The van der Waals surface area contributed by atoms with Crippen molar-refractivity contribution < 1.29 is 4.84 Å². The van der Waals surface area contributed by atoms with Gasteiger partial charge in [-0.15, -0.1) is 0 Å². The molecule has 0 aliphatic carbocycles. The van der Waals surface area contributed by atoms with Gasteiger partial charge in [0.2, 0.25) is 0 Å². The predicted molar refractivity (Wildman–Crippen MR) is 60.0 cm³/mol. The molecule has 0 saturated heterocycles. The first kappa shape index (κ1) is 10.6.